The first-order valence-electron chi connectivity index (χ1n) is 4.75. The number of amides is 1. The van der Waals surface area contributed by atoms with Gasteiger partial charge in [0.15, 0.2) is 0 Å². The first-order valence-corrected chi connectivity index (χ1v) is 6.25. The minimum absolute atomic E-state index is 0.628. The van der Waals surface area contributed by atoms with Crippen LogP contribution in [0.25, 0.3) is 0 Å². The highest BCUT2D eigenvalue weighted by Gasteiger charge is 2.29. The Balaban J connectivity index is 4.32. The molecule has 0 rings (SSSR count). The van der Waals surface area contributed by atoms with E-state index in [1.54, 1.807) is 5.32 Å². The van der Waals surface area contributed by atoms with Gasteiger partial charge in [0.05, 0.1) is 11.8 Å². The molecule has 1 amide bonds. The molecule has 0 aromatic rings. The Kier molecular flexibility index (Phi) is 5.40. The van der Waals surface area contributed by atoms with Crippen LogP contribution in [0.5, 0.6) is 0 Å². The fourth-order valence-corrected chi connectivity index (χ4v) is 1.92. The number of sulfonamides is 1. The molecule has 0 aliphatic heterocycles. The lowest BCUT2D eigenvalue weighted by Gasteiger charge is -2.19. The van der Waals surface area contributed by atoms with Crippen LogP contribution < -0.4 is 5.32 Å². The van der Waals surface area contributed by atoms with Gasteiger partial charge in [-0.05, 0) is 13.8 Å². The summed E-state index contributed by atoms with van der Waals surface area (Å²) in [5.41, 5.74) is 0. The first-order chi connectivity index (χ1) is 7.47. The highest BCUT2D eigenvalue weighted by Crippen LogP contribution is 2.12. The molecule has 0 aliphatic rings. The summed E-state index contributed by atoms with van der Waals surface area (Å²) in [6, 6.07) is 0. The molecule has 0 bridgehead atoms. The smallest absolute Gasteiger partial charge is 0.346 e. The van der Waals surface area contributed by atoms with Gasteiger partial charge < -0.3 is 5.32 Å². The molecular weight excluding hydrogens is 261 g/mol. The van der Waals surface area contributed by atoms with Gasteiger partial charge in [0.2, 0.25) is 15.9 Å². The largest absolute Gasteiger partial charge is 0.405 e. The third kappa shape index (κ3) is 5.87. The van der Waals surface area contributed by atoms with Crippen molar-refractivity contribution in [3.05, 3.63) is 0 Å². The molecule has 102 valence electrons. The van der Waals surface area contributed by atoms with E-state index in [1.165, 1.54) is 13.8 Å². The van der Waals surface area contributed by atoms with Crippen molar-refractivity contribution in [1.82, 2.24) is 9.62 Å². The van der Waals surface area contributed by atoms with E-state index in [0.29, 0.717) is 0 Å². The monoisotopic (exact) mass is 276 g/mol. The number of alkyl halides is 3. The number of hydrogen-bond acceptors (Lipinski definition) is 3. The molecule has 0 aromatic heterocycles. The fourth-order valence-electron chi connectivity index (χ4n) is 0.907. The molecule has 5 nitrogen and oxygen atoms in total. The van der Waals surface area contributed by atoms with Crippen molar-refractivity contribution in [2.45, 2.75) is 25.3 Å². The Hall–Kier alpha value is -0.830. The van der Waals surface area contributed by atoms with Gasteiger partial charge >= 0.3 is 6.18 Å². The van der Waals surface area contributed by atoms with Crippen molar-refractivity contribution in [2.75, 3.05) is 20.1 Å². The Morgan fingerprint density at radius 2 is 1.82 bits per heavy atom. The number of rotatable bonds is 5. The van der Waals surface area contributed by atoms with Gasteiger partial charge in [-0.1, -0.05) is 0 Å². The zero-order valence-electron chi connectivity index (χ0n) is 9.71. The van der Waals surface area contributed by atoms with E-state index in [2.05, 4.69) is 0 Å². The van der Waals surface area contributed by atoms with Gasteiger partial charge in [-0.3, -0.25) is 4.79 Å². The molecule has 1 N–H and O–H groups in total. The summed E-state index contributed by atoms with van der Waals surface area (Å²) in [5, 5.41) is 0.861. The Labute approximate surface area is 98.0 Å². The molecule has 9 heteroatoms. The third-order valence-electron chi connectivity index (χ3n) is 1.88. The molecule has 0 saturated carbocycles. The Morgan fingerprint density at radius 3 is 2.18 bits per heavy atom. The maximum absolute atomic E-state index is 11.8. The lowest BCUT2D eigenvalue weighted by Crippen LogP contribution is -2.43. The molecular formula is C8H15F3N2O3S. The minimum Gasteiger partial charge on any atom is -0.346 e. The first kappa shape index (κ1) is 16.2. The average Bonchev–Trinajstić information content (AvgIpc) is 2.13. The van der Waals surface area contributed by atoms with Crippen molar-refractivity contribution in [3.63, 3.8) is 0 Å². The van der Waals surface area contributed by atoms with E-state index < -0.39 is 40.4 Å². The van der Waals surface area contributed by atoms with Crippen molar-refractivity contribution >= 4 is 15.9 Å². The second-order valence-corrected chi connectivity index (χ2v) is 6.34. The maximum atomic E-state index is 11.8. The average molecular weight is 276 g/mol. The Morgan fingerprint density at radius 1 is 1.35 bits per heavy atom. The molecule has 0 heterocycles. The summed E-state index contributed by atoms with van der Waals surface area (Å²) in [7, 11) is -2.49. The third-order valence-corrected chi connectivity index (χ3v) is 4.07. The number of likely N-dealkylation sites (N-methyl/N-ethyl adjacent to an activating group) is 1. The molecule has 0 radical (unpaired) electrons. The van der Waals surface area contributed by atoms with Crippen LogP contribution in [-0.2, 0) is 14.8 Å². The Bertz CT molecular complexity index is 365. The zero-order chi connectivity index (χ0) is 13.9. The van der Waals surface area contributed by atoms with E-state index in [9.17, 15) is 26.4 Å². The SMILES string of the molecule is CC(C)S(=O)(=O)N(C)CC(=O)NCC(F)(F)F. The molecule has 0 fully saturated rings. The highest BCUT2D eigenvalue weighted by atomic mass is 32.2. The van der Waals surface area contributed by atoms with Crippen LogP contribution >= 0.6 is 0 Å². The molecule has 17 heavy (non-hydrogen) atoms. The quantitative estimate of drug-likeness (QED) is 0.787. The highest BCUT2D eigenvalue weighted by molar-refractivity contribution is 7.89. The van der Waals surface area contributed by atoms with Gasteiger partial charge in [-0.15, -0.1) is 0 Å². The van der Waals surface area contributed by atoms with Crippen LogP contribution in [0.15, 0.2) is 0 Å². The summed E-state index contributed by atoms with van der Waals surface area (Å²) in [6.07, 6.45) is -4.51. The predicted octanol–water partition coefficient (Wildman–Crippen LogP) is 0.335. The maximum Gasteiger partial charge on any atom is 0.405 e. The standard InChI is InChI=1S/C8H15F3N2O3S/c1-6(2)17(15,16)13(3)4-7(14)12-5-8(9,10)11/h6H,4-5H2,1-3H3,(H,12,14). The lowest BCUT2D eigenvalue weighted by atomic mass is 10.5. The molecule has 0 aliphatic carbocycles. The van der Waals surface area contributed by atoms with Gasteiger partial charge in [0, 0.05) is 7.05 Å². The number of carbonyl (C=O) groups excluding carboxylic acids is 1. The topological polar surface area (TPSA) is 66.5 Å². The van der Waals surface area contributed by atoms with Crippen molar-refractivity contribution in [3.8, 4) is 0 Å². The van der Waals surface area contributed by atoms with E-state index in [1.807, 2.05) is 0 Å². The normalized spacial score (nSPS) is 13.2. The summed E-state index contributed by atoms with van der Waals surface area (Å²) >= 11 is 0. The second kappa shape index (κ2) is 5.67. The number of hydrogen-bond donors (Lipinski definition) is 1. The van der Waals surface area contributed by atoms with Gasteiger partial charge in [0.1, 0.15) is 6.54 Å². The fraction of sp³-hybridized carbons (Fsp3) is 0.875. The number of carbonyl (C=O) groups is 1. The zero-order valence-corrected chi connectivity index (χ0v) is 10.5. The van der Waals surface area contributed by atoms with Crippen molar-refractivity contribution in [2.24, 2.45) is 0 Å². The minimum atomic E-state index is -4.51. The molecule has 0 aromatic carbocycles. The van der Waals surface area contributed by atoms with Gasteiger partial charge in [-0.25, -0.2) is 8.42 Å². The van der Waals surface area contributed by atoms with Crippen LogP contribution in [0.4, 0.5) is 13.2 Å². The van der Waals surface area contributed by atoms with E-state index in [0.717, 1.165) is 11.4 Å². The van der Waals surface area contributed by atoms with Crippen LogP contribution in [-0.4, -0.2) is 50.2 Å². The number of halogens is 3. The molecule has 0 saturated heterocycles. The van der Waals surface area contributed by atoms with Gasteiger partial charge in [-0.2, -0.15) is 17.5 Å². The number of nitrogens with one attached hydrogen (secondary N) is 1. The van der Waals surface area contributed by atoms with Crippen LogP contribution in [0.1, 0.15) is 13.8 Å². The van der Waals surface area contributed by atoms with E-state index >= 15 is 0 Å². The second-order valence-electron chi connectivity index (χ2n) is 3.74. The molecule has 0 atom stereocenters. The van der Waals surface area contributed by atoms with Crippen LogP contribution in [0.3, 0.4) is 0 Å². The number of nitrogens with zero attached hydrogens (tertiary/aromatic N) is 1. The lowest BCUT2D eigenvalue weighted by molar-refractivity contribution is -0.138. The van der Waals surface area contributed by atoms with E-state index in [4.69, 9.17) is 0 Å². The summed E-state index contributed by atoms with van der Waals surface area (Å²) in [6.45, 7) is 0.733. The molecule has 0 unspecified atom stereocenters. The summed E-state index contributed by atoms with van der Waals surface area (Å²) < 4.78 is 59.0. The van der Waals surface area contributed by atoms with E-state index in [-0.39, 0.29) is 0 Å². The van der Waals surface area contributed by atoms with Crippen LogP contribution in [0, 0.1) is 0 Å². The van der Waals surface area contributed by atoms with Gasteiger partial charge in [0.25, 0.3) is 0 Å². The summed E-state index contributed by atoms with van der Waals surface area (Å²) in [5.74, 6) is -0.992. The predicted molar refractivity (Wildman–Crippen MR) is 55.8 cm³/mol. The molecule has 0 spiro atoms. The van der Waals surface area contributed by atoms with Crippen molar-refractivity contribution in [1.29, 1.82) is 0 Å². The van der Waals surface area contributed by atoms with Crippen LogP contribution in [0.2, 0.25) is 0 Å². The van der Waals surface area contributed by atoms with Crippen molar-refractivity contribution < 1.29 is 26.4 Å². The summed E-state index contributed by atoms with van der Waals surface area (Å²) in [4.78, 5) is 11.1.